The zero-order chi connectivity index (χ0) is 19.3. The van der Waals surface area contributed by atoms with Crippen molar-refractivity contribution in [3.05, 3.63) is 59.6 Å². The molecule has 0 N–H and O–H groups in total. The number of fused-ring (bicyclic) bond motifs is 3. The quantitative estimate of drug-likeness (QED) is 0.477. The third kappa shape index (κ3) is 2.88. The maximum absolute atomic E-state index is 13.0. The molecule has 28 heavy (non-hydrogen) atoms. The molecule has 0 spiro atoms. The summed E-state index contributed by atoms with van der Waals surface area (Å²) in [6, 6.07) is 11.6. The number of benzene rings is 1. The summed E-state index contributed by atoms with van der Waals surface area (Å²) in [6.07, 6.45) is -2.28. The van der Waals surface area contributed by atoms with Crippen LogP contribution >= 0.6 is 11.3 Å². The number of rotatable bonds is 2. The molecule has 0 atom stereocenters. The van der Waals surface area contributed by atoms with Gasteiger partial charge >= 0.3 is 6.18 Å². The Labute approximate surface area is 163 Å². The van der Waals surface area contributed by atoms with Crippen LogP contribution in [0.25, 0.3) is 15.9 Å². The topological polar surface area (TPSA) is 23.8 Å². The summed E-state index contributed by atoms with van der Waals surface area (Å²) in [5.74, 6) is 0.930. The van der Waals surface area contributed by atoms with Crippen molar-refractivity contribution < 1.29 is 13.2 Å². The molecule has 0 unspecified atom stereocenters. The second-order valence-corrected chi connectivity index (χ2v) is 7.73. The highest BCUT2D eigenvalue weighted by atomic mass is 32.1. The zero-order valence-corrected chi connectivity index (χ0v) is 15.7. The van der Waals surface area contributed by atoms with Crippen LogP contribution in [0.2, 0.25) is 0 Å². The van der Waals surface area contributed by atoms with E-state index in [4.69, 9.17) is 4.98 Å². The third-order valence-electron chi connectivity index (χ3n) is 5.17. The van der Waals surface area contributed by atoms with Gasteiger partial charge in [-0.05, 0) is 41.8 Å². The third-order valence-corrected chi connectivity index (χ3v) is 6.07. The first-order valence-corrected chi connectivity index (χ1v) is 9.90. The van der Waals surface area contributed by atoms with Gasteiger partial charge in [0.15, 0.2) is 5.82 Å². The van der Waals surface area contributed by atoms with Gasteiger partial charge in [-0.25, -0.2) is 4.98 Å². The molecule has 144 valence electrons. The predicted octanol–water partition coefficient (Wildman–Crippen LogP) is 4.89. The van der Waals surface area contributed by atoms with E-state index in [1.54, 1.807) is 17.4 Å². The first-order chi connectivity index (χ1) is 13.5. The Morgan fingerprint density at radius 3 is 2.50 bits per heavy atom. The number of thiophene rings is 1. The maximum Gasteiger partial charge on any atom is 0.416 e. The lowest BCUT2D eigenvalue weighted by atomic mass is 10.1. The monoisotopic (exact) mass is 402 g/mol. The lowest BCUT2D eigenvalue weighted by Crippen LogP contribution is -2.47. The van der Waals surface area contributed by atoms with Crippen molar-refractivity contribution in [2.75, 3.05) is 36.0 Å². The summed E-state index contributed by atoms with van der Waals surface area (Å²) in [7, 11) is 0. The summed E-state index contributed by atoms with van der Waals surface area (Å²) in [6.45, 7) is 2.72. The lowest BCUT2D eigenvalue weighted by Gasteiger charge is -2.37. The number of hydrogen-bond donors (Lipinski definition) is 0. The van der Waals surface area contributed by atoms with E-state index in [-0.39, 0.29) is 0 Å². The van der Waals surface area contributed by atoms with Crippen LogP contribution in [0, 0.1) is 0 Å². The fraction of sp³-hybridized carbons (Fsp3) is 0.250. The molecule has 1 aromatic carbocycles. The van der Waals surface area contributed by atoms with Crippen molar-refractivity contribution in [2.45, 2.75) is 6.18 Å². The molecule has 5 rings (SSSR count). The van der Waals surface area contributed by atoms with Crippen LogP contribution in [-0.4, -0.2) is 35.6 Å². The minimum atomic E-state index is -4.32. The molecule has 1 aliphatic rings. The van der Waals surface area contributed by atoms with Crippen molar-refractivity contribution in [1.29, 1.82) is 0 Å². The van der Waals surface area contributed by atoms with Crippen LogP contribution in [0.1, 0.15) is 5.56 Å². The molecule has 1 aliphatic heterocycles. The highest BCUT2D eigenvalue weighted by Crippen LogP contribution is 2.33. The molecule has 0 saturated carbocycles. The number of nitrogens with zero attached hydrogens (tertiary/aromatic N) is 4. The summed E-state index contributed by atoms with van der Waals surface area (Å²) in [5, 5.41) is 2.03. The second kappa shape index (κ2) is 6.41. The lowest BCUT2D eigenvalue weighted by molar-refractivity contribution is -0.137. The summed E-state index contributed by atoms with van der Waals surface area (Å²) in [4.78, 5) is 10.2. The Hall–Kier alpha value is -2.74. The van der Waals surface area contributed by atoms with E-state index in [1.807, 2.05) is 28.6 Å². The first-order valence-electron chi connectivity index (χ1n) is 9.02. The van der Waals surface area contributed by atoms with E-state index in [9.17, 15) is 13.2 Å². The number of anilines is 2. The number of hydrogen-bond acceptors (Lipinski definition) is 4. The average molecular weight is 402 g/mol. The van der Waals surface area contributed by atoms with Crippen LogP contribution in [0.3, 0.4) is 0 Å². The van der Waals surface area contributed by atoms with Crippen LogP contribution in [0.15, 0.2) is 54.0 Å². The highest BCUT2D eigenvalue weighted by molar-refractivity contribution is 7.16. The van der Waals surface area contributed by atoms with Gasteiger partial charge < -0.3 is 14.2 Å². The van der Waals surface area contributed by atoms with Crippen LogP contribution in [0.4, 0.5) is 24.7 Å². The minimum Gasteiger partial charge on any atom is -0.368 e. The van der Waals surface area contributed by atoms with Crippen molar-refractivity contribution in [2.24, 2.45) is 0 Å². The van der Waals surface area contributed by atoms with Crippen LogP contribution in [-0.2, 0) is 6.18 Å². The Morgan fingerprint density at radius 1 is 0.929 bits per heavy atom. The SMILES string of the molecule is FC(F)(F)c1cccc(N2CCN(c3nc4ccsc4n4cccc34)CC2)c1. The van der Waals surface area contributed by atoms with Gasteiger partial charge in [-0.2, -0.15) is 13.2 Å². The van der Waals surface area contributed by atoms with Gasteiger partial charge in [-0.1, -0.05) is 6.07 Å². The molecule has 4 nitrogen and oxygen atoms in total. The molecule has 0 amide bonds. The molecule has 0 radical (unpaired) electrons. The van der Waals surface area contributed by atoms with Crippen LogP contribution in [0.5, 0.6) is 0 Å². The van der Waals surface area contributed by atoms with E-state index in [0.29, 0.717) is 31.9 Å². The van der Waals surface area contributed by atoms with Crippen molar-refractivity contribution in [3.8, 4) is 0 Å². The fourth-order valence-corrected chi connectivity index (χ4v) is 4.59. The molecular weight excluding hydrogens is 385 g/mol. The van der Waals surface area contributed by atoms with Gasteiger partial charge in [0, 0.05) is 38.1 Å². The van der Waals surface area contributed by atoms with Gasteiger partial charge in [0.25, 0.3) is 0 Å². The fourth-order valence-electron chi connectivity index (χ4n) is 3.76. The zero-order valence-electron chi connectivity index (χ0n) is 14.9. The van der Waals surface area contributed by atoms with E-state index in [0.717, 1.165) is 27.7 Å². The minimum absolute atomic E-state index is 0.605. The number of halogens is 3. The van der Waals surface area contributed by atoms with Crippen LogP contribution < -0.4 is 9.80 Å². The number of aromatic nitrogens is 2. The Kier molecular flexibility index (Phi) is 3.97. The number of alkyl halides is 3. The Morgan fingerprint density at radius 2 is 1.71 bits per heavy atom. The molecule has 4 aromatic rings. The maximum atomic E-state index is 13.0. The van der Waals surface area contributed by atoms with E-state index in [1.165, 1.54) is 12.1 Å². The first kappa shape index (κ1) is 17.4. The smallest absolute Gasteiger partial charge is 0.368 e. The second-order valence-electron chi connectivity index (χ2n) is 6.83. The standard InChI is InChI=1S/C20H17F3N4S/c21-20(22,23)14-3-1-4-15(13-14)25-8-10-26(11-9-25)18-17-5-2-7-27(17)19-16(24-18)6-12-28-19/h1-7,12-13H,8-11H2. The summed E-state index contributed by atoms with van der Waals surface area (Å²) < 4.78 is 41.2. The van der Waals surface area contributed by atoms with Gasteiger partial charge in [0.2, 0.25) is 0 Å². The summed E-state index contributed by atoms with van der Waals surface area (Å²) >= 11 is 1.66. The van der Waals surface area contributed by atoms with Gasteiger partial charge in [0.1, 0.15) is 10.3 Å². The largest absolute Gasteiger partial charge is 0.416 e. The average Bonchev–Trinajstić information content (AvgIpc) is 3.35. The van der Waals surface area contributed by atoms with E-state index < -0.39 is 11.7 Å². The molecule has 1 fully saturated rings. The Bertz CT molecular complexity index is 1140. The number of piperazine rings is 1. The van der Waals surface area contributed by atoms with Gasteiger partial charge in [0.05, 0.1) is 11.1 Å². The van der Waals surface area contributed by atoms with Gasteiger partial charge in [-0.3, -0.25) is 0 Å². The normalized spacial score (nSPS) is 15.7. The highest BCUT2D eigenvalue weighted by Gasteiger charge is 2.31. The summed E-state index contributed by atoms with van der Waals surface area (Å²) in [5.41, 5.74) is 2.03. The van der Waals surface area contributed by atoms with Crippen molar-refractivity contribution in [1.82, 2.24) is 9.38 Å². The van der Waals surface area contributed by atoms with Gasteiger partial charge in [-0.15, -0.1) is 11.3 Å². The molecule has 8 heteroatoms. The molecule has 0 bridgehead atoms. The molecule has 1 saturated heterocycles. The van der Waals surface area contributed by atoms with Crippen molar-refractivity contribution in [3.63, 3.8) is 0 Å². The molecular formula is C20H17F3N4S. The molecule has 3 aromatic heterocycles. The predicted molar refractivity (Wildman–Crippen MR) is 106 cm³/mol. The molecule has 4 heterocycles. The molecule has 0 aliphatic carbocycles. The van der Waals surface area contributed by atoms with E-state index in [2.05, 4.69) is 15.4 Å². The van der Waals surface area contributed by atoms with Crippen molar-refractivity contribution >= 4 is 38.7 Å². The Balaban J connectivity index is 1.40. The van der Waals surface area contributed by atoms with E-state index >= 15 is 0 Å².